The Morgan fingerprint density at radius 3 is 3.18 bits per heavy atom. The highest BCUT2D eigenvalue weighted by Gasteiger charge is 2.23. The highest BCUT2D eigenvalue weighted by molar-refractivity contribution is 5.02. The van der Waals surface area contributed by atoms with Crippen LogP contribution in [0.2, 0.25) is 0 Å². The molecule has 1 fully saturated rings. The van der Waals surface area contributed by atoms with E-state index in [1.54, 1.807) is 0 Å². The molecule has 1 aliphatic heterocycles. The monoisotopic (exact) mass is 237 g/mol. The Kier molecular flexibility index (Phi) is 4.18. The van der Waals surface area contributed by atoms with E-state index < -0.39 is 0 Å². The van der Waals surface area contributed by atoms with Gasteiger partial charge in [-0.3, -0.25) is 0 Å². The lowest BCUT2D eigenvalue weighted by Crippen LogP contribution is -2.30. The largest absolute Gasteiger partial charge is 0.445 e. The van der Waals surface area contributed by atoms with Crippen LogP contribution < -0.4 is 5.32 Å². The minimum atomic E-state index is 0.435. The van der Waals surface area contributed by atoms with Gasteiger partial charge < -0.3 is 14.6 Å². The van der Waals surface area contributed by atoms with Gasteiger partial charge in [-0.15, -0.1) is 0 Å². The molecule has 0 bridgehead atoms. The summed E-state index contributed by atoms with van der Waals surface area (Å²) in [6.07, 6.45) is 5.24. The van der Waals surface area contributed by atoms with Crippen molar-refractivity contribution >= 4 is 0 Å². The highest BCUT2D eigenvalue weighted by Crippen LogP contribution is 2.25. The predicted molar refractivity (Wildman–Crippen MR) is 68.2 cm³/mol. The van der Waals surface area contributed by atoms with Crippen molar-refractivity contribution in [1.29, 1.82) is 0 Å². The lowest BCUT2D eigenvalue weighted by atomic mass is 9.99. The average molecular weight is 237 g/mol. The summed E-state index contributed by atoms with van der Waals surface area (Å²) < 4.78 is 5.87. The first kappa shape index (κ1) is 12.6. The lowest BCUT2D eigenvalue weighted by molar-refractivity contribution is 0.228. The third-order valence-corrected chi connectivity index (χ3v) is 3.55. The van der Waals surface area contributed by atoms with Gasteiger partial charge in [0, 0.05) is 24.9 Å². The van der Waals surface area contributed by atoms with Crippen molar-refractivity contribution in [1.82, 2.24) is 15.2 Å². The molecular weight excluding hydrogens is 214 g/mol. The summed E-state index contributed by atoms with van der Waals surface area (Å²) in [7, 11) is 4.14. The number of hydrogen-bond donors (Lipinski definition) is 1. The first-order chi connectivity index (χ1) is 8.19. The van der Waals surface area contributed by atoms with Crippen molar-refractivity contribution in [2.24, 2.45) is 0 Å². The molecule has 0 saturated carbocycles. The molecule has 0 aromatic carbocycles. The molecule has 0 aliphatic carbocycles. The number of hydrogen-bond acceptors (Lipinski definition) is 4. The highest BCUT2D eigenvalue weighted by atomic mass is 16.4. The van der Waals surface area contributed by atoms with Crippen LogP contribution in [0.5, 0.6) is 0 Å². The van der Waals surface area contributed by atoms with Crippen LogP contribution in [0.1, 0.15) is 37.3 Å². The Morgan fingerprint density at radius 2 is 2.47 bits per heavy atom. The van der Waals surface area contributed by atoms with Crippen molar-refractivity contribution in [3.63, 3.8) is 0 Å². The zero-order chi connectivity index (χ0) is 12.3. The molecule has 0 radical (unpaired) electrons. The number of nitrogens with zero attached hydrogens (tertiary/aromatic N) is 2. The van der Waals surface area contributed by atoms with E-state index in [1.165, 1.54) is 19.4 Å². The number of rotatable bonds is 4. The van der Waals surface area contributed by atoms with Gasteiger partial charge in [-0.1, -0.05) is 0 Å². The fourth-order valence-electron chi connectivity index (χ4n) is 2.38. The molecule has 17 heavy (non-hydrogen) atoms. The maximum Gasteiger partial charge on any atom is 0.198 e. The molecule has 1 aliphatic rings. The van der Waals surface area contributed by atoms with Crippen LogP contribution in [0, 0.1) is 0 Å². The van der Waals surface area contributed by atoms with Crippen molar-refractivity contribution < 1.29 is 4.42 Å². The molecule has 2 unspecified atom stereocenters. The summed E-state index contributed by atoms with van der Waals surface area (Å²) in [6, 6.07) is 0.435. The topological polar surface area (TPSA) is 41.3 Å². The molecule has 0 spiro atoms. The third-order valence-electron chi connectivity index (χ3n) is 3.55. The van der Waals surface area contributed by atoms with E-state index in [0.717, 1.165) is 24.6 Å². The first-order valence-corrected chi connectivity index (χ1v) is 6.49. The summed E-state index contributed by atoms with van der Waals surface area (Å²) >= 11 is 0. The van der Waals surface area contributed by atoms with Crippen LogP contribution in [0.3, 0.4) is 0 Å². The molecule has 4 nitrogen and oxygen atoms in total. The van der Waals surface area contributed by atoms with Crippen LogP contribution in [0.25, 0.3) is 0 Å². The zero-order valence-corrected chi connectivity index (χ0v) is 11.1. The Morgan fingerprint density at radius 1 is 1.65 bits per heavy atom. The van der Waals surface area contributed by atoms with Gasteiger partial charge in [0.1, 0.15) is 5.76 Å². The Labute approximate surface area is 103 Å². The fraction of sp³-hybridized carbons (Fsp3) is 0.769. The van der Waals surface area contributed by atoms with Crippen LogP contribution >= 0.6 is 0 Å². The quantitative estimate of drug-likeness (QED) is 0.864. The summed E-state index contributed by atoms with van der Waals surface area (Å²) in [4.78, 5) is 6.80. The van der Waals surface area contributed by atoms with Gasteiger partial charge in [-0.05, 0) is 40.4 Å². The number of likely N-dealkylation sites (tertiary alicyclic amines) is 1. The van der Waals surface area contributed by atoms with Crippen LogP contribution in [-0.4, -0.2) is 43.1 Å². The lowest BCUT2D eigenvalue weighted by Gasteiger charge is -2.27. The van der Waals surface area contributed by atoms with E-state index in [2.05, 4.69) is 29.2 Å². The normalized spacial score (nSPS) is 23.8. The van der Waals surface area contributed by atoms with Crippen LogP contribution in [-0.2, 0) is 6.42 Å². The second-order valence-electron chi connectivity index (χ2n) is 5.16. The second kappa shape index (κ2) is 5.65. The first-order valence-electron chi connectivity index (χ1n) is 6.49. The average Bonchev–Trinajstić information content (AvgIpc) is 2.77. The number of aromatic nitrogens is 1. The molecule has 96 valence electrons. The van der Waals surface area contributed by atoms with Crippen molar-refractivity contribution in [2.75, 3.05) is 27.2 Å². The number of oxazole rings is 1. The minimum absolute atomic E-state index is 0.435. The van der Waals surface area contributed by atoms with Gasteiger partial charge >= 0.3 is 0 Å². The molecule has 0 amide bonds. The molecule has 1 saturated heterocycles. The Balaban J connectivity index is 1.97. The Bertz CT molecular complexity index is 350. The molecular formula is C13H23N3O. The molecule has 2 atom stereocenters. The zero-order valence-electron chi connectivity index (χ0n) is 11.1. The summed E-state index contributed by atoms with van der Waals surface area (Å²) in [5.41, 5.74) is 0. The molecule has 1 N–H and O–H groups in total. The molecule has 1 aromatic rings. The summed E-state index contributed by atoms with van der Waals surface area (Å²) in [5.74, 6) is 2.40. The van der Waals surface area contributed by atoms with Gasteiger partial charge in [-0.25, -0.2) is 4.98 Å². The predicted octanol–water partition coefficient (Wildman–Crippen LogP) is 1.63. The third kappa shape index (κ3) is 3.30. The van der Waals surface area contributed by atoms with Crippen molar-refractivity contribution in [3.05, 3.63) is 17.8 Å². The molecule has 2 heterocycles. The number of piperidine rings is 1. The van der Waals surface area contributed by atoms with E-state index in [4.69, 9.17) is 4.42 Å². The van der Waals surface area contributed by atoms with E-state index in [0.29, 0.717) is 12.0 Å². The van der Waals surface area contributed by atoms with Gasteiger partial charge in [0.2, 0.25) is 0 Å². The standard InChI is InChI=1S/C13H23N3O/c1-10(14-2)7-12-8-15-13(17-12)11-5-4-6-16(3)9-11/h8,10-11,14H,4-7,9H2,1-3H3. The van der Waals surface area contributed by atoms with Crippen LogP contribution in [0.15, 0.2) is 10.6 Å². The van der Waals surface area contributed by atoms with E-state index in [9.17, 15) is 0 Å². The maximum absolute atomic E-state index is 5.87. The van der Waals surface area contributed by atoms with E-state index in [-0.39, 0.29) is 0 Å². The maximum atomic E-state index is 5.87. The van der Waals surface area contributed by atoms with Gasteiger partial charge in [0.25, 0.3) is 0 Å². The van der Waals surface area contributed by atoms with Crippen LogP contribution in [0.4, 0.5) is 0 Å². The fourth-order valence-corrected chi connectivity index (χ4v) is 2.38. The van der Waals surface area contributed by atoms with Gasteiger partial charge in [0.15, 0.2) is 5.89 Å². The minimum Gasteiger partial charge on any atom is -0.445 e. The van der Waals surface area contributed by atoms with Gasteiger partial charge in [0.05, 0.1) is 6.20 Å². The second-order valence-corrected chi connectivity index (χ2v) is 5.16. The number of likely N-dealkylation sites (N-methyl/N-ethyl adjacent to an activating group) is 2. The molecule has 4 heteroatoms. The molecule has 2 rings (SSSR count). The van der Waals surface area contributed by atoms with Crippen molar-refractivity contribution in [3.8, 4) is 0 Å². The number of nitrogens with one attached hydrogen (secondary N) is 1. The summed E-state index contributed by atoms with van der Waals surface area (Å²) in [5, 5.41) is 3.21. The smallest absolute Gasteiger partial charge is 0.198 e. The van der Waals surface area contributed by atoms with E-state index in [1.807, 2.05) is 13.2 Å². The summed E-state index contributed by atoms with van der Waals surface area (Å²) in [6.45, 7) is 4.42. The van der Waals surface area contributed by atoms with Gasteiger partial charge in [-0.2, -0.15) is 0 Å². The van der Waals surface area contributed by atoms with Crippen molar-refractivity contribution in [2.45, 2.75) is 38.1 Å². The SMILES string of the molecule is CNC(C)Cc1cnc(C2CCCN(C)C2)o1. The molecule has 1 aromatic heterocycles. The Hall–Kier alpha value is -0.870. The van der Waals surface area contributed by atoms with E-state index >= 15 is 0 Å².